The van der Waals surface area contributed by atoms with Gasteiger partial charge in [-0.05, 0) is 25.5 Å². The van der Waals surface area contributed by atoms with E-state index in [4.69, 9.17) is 9.52 Å². The van der Waals surface area contributed by atoms with Crippen molar-refractivity contribution >= 4 is 34.7 Å². The van der Waals surface area contributed by atoms with Crippen molar-refractivity contribution in [1.29, 1.82) is 0 Å². The third kappa shape index (κ3) is 3.55. The average Bonchev–Trinajstić information content (AvgIpc) is 2.87. The Morgan fingerprint density at radius 3 is 2.76 bits per heavy atom. The van der Waals surface area contributed by atoms with E-state index in [9.17, 15) is 9.59 Å². The van der Waals surface area contributed by atoms with Gasteiger partial charge in [0.2, 0.25) is 5.91 Å². The van der Waals surface area contributed by atoms with Crippen LogP contribution < -0.4 is 5.32 Å². The molecule has 0 saturated carbocycles. The number of hydrogen-bond acceptors (Lipinski definition) is 5. The lowest BCUT2D eigenvalue weighted by Crippen LogP contribution is -2.52. The van der Waals surface area contributed by atoms with Crippen LogP contribution >= 0.6 is 11.8 Å². The van der Waals surface area contributed by atoms with Crippen molar-refractivity contribution in [2.45, 2.75) is 31.0 Å². The zero-order valence-electron chi connectivity index (χ0n) is 11.8. The lowest BCUT2D eigenvalue weighted by molar-refractivity contribution is -0.146. The second-order valence-electron chi connectivity index (χ2n) is 4.78. The van der Waals surface area contributed by atoms with E-state index >= 15 is 0 Å². The maximum Gasteiger partial charge on any atom is 0.329 e. The minimum absolute atomic E-state index is 0.0513. The summed E-state index contributed by atoms with van der Waals surface area (Å²) < 4.78 is 5.48. The monoisotopic (exact) mass is 308 g/mol. The first-order valence-electron chi connectivity index (χ1n) is 6.47. The van der Waals surface area contributed by atoms with E-state index in [1.807, 2.05) is 18.2 Å². The van der Waals surface area contributed by atoms with Gasteiger partial charge in [0, 0.05) is 0 Å². The summed E-state index contributed by atoms with van der Waals surface area (Å²) in [6.45, 7) is 3.19. The Bertz CT molecular complexity index is 637. The van der Waals surface area contributed by atoms with Gasteiger partial charge in [0.05, 0.1) is 5.75 Å². The van der Waals surface area contributed by atoms with Crippen molar-refractivity contribution in [3.05, 3.63) is 24.3 Å². The number of thioether (sulfide) groups is 1. The number of aliphatic carboxylic acids is 1. The van der Waals surface area contributed by atoms with Gasteiger partial charge in [-0.1, -0.05) is 30.8 Å². The molecule has 0 bridgehead atoms. The van der Waals surface area contributed by atoms with E-state index in [0.29, 0.717) is 17.2 Å². The summed E-state index contributed by atoms with van der Waals surface area (Å²) in [5.41, 5.74) is 0.132. The number of nitrogens with one attached hydrogen (secondary N) is 1. The van der Waals surface area contributed by atoms with Gasteiger partial charge >= 0.3 is 5.97 Å². The molecule has 1 heterocycles. The molecule has 1 aromatic heterocycles. The Morgan fingerprint density at radius 1 is 1.43 bits per heavy atom. The summed E-state index contributed by atoms with van der Waals surface area (Å²) in [6, 6.07) is 7.31. The van der Waals surface area contributed by atoms with Gasteiger partial charge in [0.1, 0.15) is 11.1 Å². The summed E-state index contributed by atoms with van der Waals surface area (Å²) in [5, 5.41) is 12.0. The number of carboxylic acids is 1. The van der Waals surface area contributed by atoms with Gasteiger partial charge in [-0.3, -0.25) is 4.79 Å². The third-order valence-corrected chi connectivity index (χ3v) is 4.02. The first-order chi connectivity index (χ1) is 9.94. The molecule has 2 N–H and O–H groups in total. The van der Waals surface area contributed by atoms with Gasteiger partial charge in [0.15, 0.2) is 5.58 Å². The Hall–Kier alpha value is -2.02. The fraction of sp³-hybridized carbons (Fsp3) is 0.357. The van der Waals surface area contributed by atoms with E-state index in [0.717, 1.165) is 17.3 Å². The van der Waals surface area contributed by atoms with Crippen molar-refractivity contribution < 1.29 is 19.1 Å². The van der Waals surface area contributed by atoms with Crippen LogP contribution in [0, 0.1) is 0 Å². The first-order valence-corrected chi connectivity index (χ1v) is 7.46. The molecular formula is C14H16N2O4S. The number of benzene rings is 1. The number of aromatic nitrogens is 1. The molecule has 1 unspecified atom stereocenters. The van der Waals surface area contributed by atoms with Crippen molar-refractivity contribution in [2.24, 2.45) is 0 Å². The Labute approximate surface area is 125 Å². The average molecular weight is 308 g/mol. The van der Waals surface area contributed by atoms with Crippen molar-refractivity contribution in [3.63, 3.8) is 0 Å². The lowest BCUT2D eigenvalue weighted by Gasteiger charge is -2.24. The molecule has 0 aliphatic rings. The van der Waals surface area contributed by atoms with Gasteiger partial charge in [-0.2, -0.15) is 0 Å². The second kappa shape index (κ2) is 6.17. The summed E-state index contributed by atoms with van der Waals surface area (Å²) in [5.74, 6) is -1.37. The third-order valence-electron chi connectivity index (χ3n) is 3.20. The quantitative estimate of drug-likeness (QED) is 0.795. The van der Waals surface area contributed by atoms with Crippen LogP contribution in [0.2, 0.25) is 0 Å². The predicted molar refractivity (Wildman–Crippen MR) is 79.2 cm³/mol. The molecule has 6 nitrogen and oxygen atoms in total. The number of rotatable bonds is 6. The Balaban J connectivity index is 1.96. The van der Waals surface area contributed by atoms with Crippen LogP contribution in [0.1, 0.15) is 20.3 Å². The molecule has 112 valence electrons. The maximum absolute atomic E-state index is 11.8. The highest BCUT2D eigenvalue weighted by Crippen LogP contribution is 2.23. The standard InChI is InChI=1S/C14H16N2O4S/c1-3-14(2,12(18)19)16-11(17)8-21-13-15-9-6-4-5-7-10(9)20-13/h4-7H,3,8H2,1-2H3,(H,16,17)(H,18,19). The minimum atomic E-state index is -1.25. The van der Waals surface area contributed by atoms with Gasteiger partial charge < -0.3 is 14.8 Å². The minimum Gasteiger partial charge on any atom is -0.480 e. The predicted octanol–water partition coefficient (Wildman–Crippen LogP) is 2.29. The molecule has 0 aliphatic carbocycles. The number of carbonyl (C=O) groups is 2. The molecule has 0 radical (unpaired) electrons. The molecule has 0 fully saturated rings. The maximum atomic E-state index is 11.8. The van der Waals surface area contributed by atoms with Crippen molar-refractivity contribution in [3.8, 4) is 0 Å². The van der Waals surface area contributed by atoms with Gasteiger partial charge in [-0.25, -0.2) is 9.78 Å². The summed E-state index contributed by atoms with van der Waals surface area (Å²) in [6.07, 6.45) is 0.307. The van der Waals surface area contributed by atoms with Crippen LogP contribution in [0.3, 0.4) is 0 Å². The number of para-hydroxylation sites is 2. The first kappa shape index (κ1) is 15.4. The second-order valence-corrected chi connectivity index (χ2v) is 5.70. The van der Waals surface area contributed by atoms with Crippen LogP contribution in [-0.2, 0) is 9.59 Å². The summed E-state index contributed by atoms with van der Waals surface area (Å²) in [7, 11) is 0. The molecule has 1 aromatic carbocycles. The van der Waals surface area contributed by atoms with E-state index < -0.39 is 11.5 Å². The van der Waals surface area contributed by atoms with E-state index in [1.54, 1.807) is 13.0 Å². The van der Waals surface area contributed by atoms with Gasteiger partial charge in [0.25, 0.3) is 5.22 Å². The molecule has 0 spiro atoms. The Morgan fingerprint density at radius 2 is 2.14 bits per heavy atom. The molecule has 0 aliphatic heterocycles. The molecule has 1 atom stereocenters. The molecule has 2 rings (SSSR count). The Kier molecular flexibility index (Phi) is 4.52. The molecule has 0 saturated heterocycles. The SMILES string of the molecule is CCC(C)(NC(=O)CSc1nc2ccccc2o1)C(=O)O. The molecule has 2 aromatic rings. The highest BCUT2D eigenvalue weighted by atomic mass is 32.2. The highest BCUT2D eigenvalue weighted by Gasteiger charge is 2.32. The largest absolute Gasteiger partial charge is 0.480 e. The lowest BCUT2D eigenvalue weighted by atomic mass is 9.99. The summed E-state index contributed by atoms with van der Waals surface area (Å²) >= 11 is 1.13. The van der Waals surface area contributed by atoms with Crippen molar-refractivity contribution in [1.82, 2.24) is 10.3 Å². The number of nitrogens with zero attached hydrogens (tertiary/aromatic N) is 1. The number of amides is 1. The zero-order valence-corrected chi connectivity index (χ0v) is 12.6. The number of carbonyl (C=O) groups excluding carboxylic acids is 1. The van der Waals surface area contributed by atoms with Crippen LogP contribution in [0.25, 0.3) is 11.1 Å². The van der Waals surface area contributed by atoms with E-state index in [-0.39, 0.29) is 11.7 Å². The fourth-order valence-electron chi connectivity index (χ4n) is 1.68. The van der Waals surface area contributed by atoms with Gasteiger partial charge in [-0.15, -0.1) is 0 Å². The van der Waals surface area contributed by atoms with Crippen LogP contribution in [0.15, 0.2) is 33.9 Å². The zero-order chi connectivity index (χ0) is 15.5. The van der Waals surface area contributed by atoms with Crippen molar-refractivity contribution in [2.75, 3.05) is 5.75 Å². The highest BCUT2D eigenvalue weighted by molar-refractivity contribution is 7.99. The number of fused-ring (bicyclic) bond motifs is 1. The summed E-state index contributed by atoms with van der Waals surface area (Å²) in [4.78, 5) is 27.2. The molecular weight excluding hydrogens is 292 g/mol. The fourth-order valence-corrected chi connectivity index (χ4v) is 2.32. The number of oxazole rings is 1. The number of hydrogen-bond donors (Lipinski definition) is 2. The van der Waals surface area contributed by atoms with Crippen LogP contribution in [0.5, 0.6) is 0 Å². The molecule has 1 amide bonds. The van der Waals surface area contributed by atoms with E-state index in [2.05, 4.69) is 10.3 Å². The number of carboxylic acid groups (broad SMARTS) is 1. The van der Waals surface area contributed by atoms with E-state index in [1.165, 1.54) is 6.92 Å². The topological polar surface area (TPSA) is 92.4 Å². The smallest absolute Gasteiger partial charge is 0.329 e. The van der Waals surface area contributed by atoms with Crippen LogP contribution in [-0.4, -0.2) is 33.3 Å². The molecule has 21 heavy (non-hydrogen) atoms. The van der Waals surface area contributed by atoms with Crippen LogP contribution in [0.4, 0.5) is 0 Å². The molecule has 7 heteroatoms. The normalized spacial score (nSPS) is 13.8.